The SMILES string of the molecule is C=C1NCc2cccc(Nc3nc(Nc4cc5c(cc4CC)CCNC5)ncc3C(F)(F)F)c21. The molecule has 0 unspecified atom stereocenters. The van der Waals surface area contributed by atoms with Crippen LogP contribution in [0.4, 0.5) is 36.3 Å². The maximum absolute atomic E-state index is 13.8. The molecule has 0 fully saturated rings. The number of fused-ring (bicyclic) bond motifs is 2. The highest BCUT2D eigenvalue weighted by atomic mass is 19.4. The number of anilines is 4. The molecule has 0 atom stereocenters. The number of aromatic nitrogens is 2. The fraction of sp³-hybridized carbons (Fsp3) is 0.280. The van der Waals surface area contributed by atoms with Crippen molar-refractivity contribution in [2.24, 2.45) is 0 Å². The quantitative estimate of drug-likeness (QED) is 0.411. The molecule has 2 aliphatic heterocycles. The van der Waals surface area contributed by atoms with Gasteiger partial charge in [-0.2, -0.15) is 18.2 Å². The maximum atomic E-state index is 13.8. The predicted molar refractivity (Wildman–Crippen MR) is 127 cm³/mol. The van der Waals surface area contributed by atoms with Crippen molar-refractivity contribution in [3.05, 3.63) is 76.5 Å². The van der Waals surface area contributed by atoms with Crippen LogP contribution in [0.5, 0.6) is 0 Å². The molecule has 6 nitrogen and oxygen atoms in total. The van der Waals surface area contributed by atoms with E-state index < -0.39 is 11.7 Å². The second-order valence-electron chi connectivity index (χ2n) is 8.43. The molecule has 0 aliphatic carbocycles. The van der Waals surface area contributed by atoms with Gasteiger partial charge < -0.3 is 21.3 Å². The molecule has 0 amide bonds. The molecule has 0 saturated heterocycles. The molecule has 0 bridgehead atoms. The van der Waals surface area contributed by atoms with Crippen LogP contribution in [0.2, 0.25) is 0 Å². The first-order valence-electron chi connectivity index (χ1n) is 11.2. The molecule has 176 valence electrons. The summed E-state index contributed by atoms with van der Waals surface area (Å²) in [7, 11) is 0. The Morgan fingerprint density at radius 2 is 1.91 bits per heavy atom. The average Bonchev–Trinajstić information content (AvgIpc) is 3.20. The number of aryl methyl sites for hydroxylation is 1. The minimum absolute atomic E-state index is 0.0958. The average molecular weight is 467 g/mol. The second-order valence-corrected chi connectivity index (χ2v) is 8.43. The Balaban J connectivity index is 1.52. The Kier molecular flexibility index (Phi) is 5.65. The molecule has 0 saturated carbocycles. The Morgan fingerprint density at radius 1 is 1.06 bits per heavy atom. The van der Waals surface area contributed by atoms with Crippen LogP contribution < -0.4 is 21.3 Å². The highest BCUT2D eigenvalue weighted by molar-refractivity contribution is 5.82. The Hall–Kier alpha value is -3.59. The maximum Gasteiger partial charge on any atom is 0.421 e. The van der Waals surface area contributed by atoms with Crippen molar-refractivity contribution in [3.63, 3.8) is 0 Å². The van der Waals surface area contributed by atoms with Gasteiger partial charge in [0.2, 0.25) is 5.95 Å². The Morgan fingerprint density at radius 3 is 2.71 bits per heavy atom. The fourth-order valence-electron chi connectivity index (χ4n) is 4.48. The van der Waals surface area contributed by atoms with Crippen LogP contribution in [0.1, 0.15) is 40.3 Å². The second kappa shape index (κ2) is 8.64. The van der Waals surface area contributed by atoms with Crippen LogP contribution in [0.15, 0.2) is 43.1 Å². The number of rotatable bonds is 5. The monoisotopic (exact) mass is 466 g/mol. The standard InChI is InChI=1S/C25H25F3N6/c1-3-15-9-16-7-8-29-11-18(16)10-21(15)33-24-31-13-19(25(26,27)28)23(34-24)32-20-6-4-5-17-12-30-14(2)22(17)20/h4-6,9-10,13,29-30H,2-3,7-8,11-12H2,1H3,(H2,31,32,33,34). The largest absolute Gasteiger partial charge is 0.421 e. The zero-order chi connectivity index (χ0) is 23.9. The number of nitrogens with zero attached hydrogens (tertiary/aromatic N) is 2. The first kappa shape index (κ1) is 22.2. The number of benzene rings is 2. The van der Waals surface area contributed by atoms with E-state index in [1.807, 2.05) is 19.1 Å². The summed E-state index contributed by atoms with van der Waals surface area (Å²) in [5, 5.41) is 12.5. The van der Waals surface area contributed by atoms with E-state index in [9.17, 15) is 13.2 Å². The Bertz CT molecular complexity index is 1270. The van der Waals surface area contributed by atoms with E-state index in [2.05, 4.69) is 43.9 Å². The molecular formula is C25H25F3N6. The third-order valence-electron chi connectivity index (χ3n) is 6.23. The van der Waals surface area contributed by atoms with Gasteiger partial charge in [-0.3, -0.25) is 0 Å². The third-order valence-corrected chi connectivity index (χ3v) is 6.23. The zero-order valence-corrected chi connectivity index (χ0v) is 18.7. The summed E-state index contributed by atoms with van der Waals surface area (Å²) in [6.45, 7) is 8.29. The van der Waals surface area contributed by atoms with Crippen LogP contribution in [0.25, 0.3) is 5.70 Å². The minimum Gasteiger partial charge on any atom is -0.381 e. The minimum atomic E-state index is -4.61. The summed E-state index contributed by atoms with van der Waals surface area (Å²) < 4.78 is 41.4. The van der Waals surface area contributed by atoms with E-state index in [-0.39, 0.29) is 11.8 Å². The normalized spacial score (nSPS) is 14.9. The summed E-state index contributed by atoms with van der Waals surface area (Å²) in [4.78, 5) is 8.24. The molecule has 2 aromatic carbocycles. The number of alkyl halides is 3. The predicted octanol–water partition coefficient (Wildman–Crippen LogP) is 5.26. The first-order chi connectivity index (χ1) is 16.3. The summed E-state index contributed by atoms with van der Waals surface area (Å²) in [5.74, 6) is -0.214. The van der Waals surface area contributed by atoms with E-state index in [1.165, 1.54) is 11.1 Å². The van der Waals surface area contributed by atoms with Gasteiger partial charge in [-0.05, 0) is 53.8 Å². The highest BCUT2D eigenvalue weighted by Gasteiger charge is 2.36. The van der Waals surface area contributed by atoms with E-state index >= 15 is 0 Å². The summed E-state index contributed by atoms with van der Waals surface area (Å²) in [6.07, 6.45) is -2.06. The van der Waals surface area contributed by atoms with Gasteiger partial charge in [-0.1, -0.05) is 31.7 Å². The molecule has 5 rings (SSSR count). The molecule has 3 heterocycles. The van der Waals surface area contributed by atoms with Crippen LogP contribution in [-0.4, -0.2) is 16.5 Å². The lowest BCUT2D eigenvalue weighted by Crippen LogP contribution is -2.24. The summed E-state index contributed by atoms with van der Waals surface area (Å²) >= 11 is 0. The molecule has 3 aromatic rings. The molecule has 0 spiro atoms. The van der Waals surface area contributed by atoms with Crippen molar-refractivity contribution < 1.29 is 13.2 Å². The molecule has 9 heteroatoms. The molecule has 34 heavy (non-hydrogen) atoms. The van der Waals surface area contributed by atoms with Crippen molar-refractivity contribution in [1.82, 2.24) is 20.6 Å². The smallest absolute Gasteiger partial charge is 0.381 e. The van der Waals surface area contributed by atoms with E-state index in [1.54, 1.807) is 12.1 Å². The number of hydrogen-bond acceptors (Lipinski definition) is 6. The summed E-state index contributed by atoms with van der Waals surface area (Å²) in [6, 6.07) is 9.63. The number of halogens is 3. The van der Waals surface area contributed by atoms with Crippen LogP contribution in [0, 0.1) is 0 Å². The van der Waals surface area contributed by atoms with Crippen molar-refractivity contribution in [2.75, 3.05) is 17.2 Å². The van der Waals surface area contributed by atoms with Crippen LogP contribution in [-0.2, 0) is 32.1 Å². The Labute approximate surface area is 195 Å². The fourth-order valence-corrected chi connectivity index (χ4v) is 4.48. The molecule has 0 radical (unpaired) electrons. The van der Waals surface area contributed by atoms with Gasteiger partial charge in [-0.25, -0.2) is 4.98 Å². The lowest BCUT2D eigenvalue weighted by molar-refractivity contribution is -0.137. The molecular weight excluding hydrogens is 441 g/mol. The van der Waals surface area contributed by atoms with Crippen molar-refractivity contribution >= 4 is 28.8 Å². The van der Waals surface area contributed by atoms with Crippen LogP contribution in [0.3, 0.4) is 0 Å². The zero-order valence-electron chi connectivity index (χ0n) is 18.7. The van der Waals surface area contributed by atoms with Gasteiger partial charge in [0.05, 0.1) is 0 Å². The number of nitrogens with one attached hydrogen (secondary N) is 4. The third kappa shape index (κ3) is 4.19. The summed E-state index contributed by atoms with van der Waals surface area (Å²) in [5.41, 5.74) is 6.30. The van der Waals surface area contributed by atoms with Gasteiger partial charge in [0.15, 0.2) is 0 Å². The van der Waals surface area contributed by atoms with E-state index in [0.717, 1.165) is 54.5 Å². The lowest BCUT2D eigenvalue weighted by atomic mass is 9.96. The van der Waals surface area contributed by atoms with Gasteiger partial charge in [-0.15, -0.1) is 0 Å². The lowest BCUT2D eigenvalue weighted by Gasteiger charge is -2.21. The van der Waals surface area contributed by atoms with Crippen molar-refractivity contribution in [1.29, 1.82) is 0 Å². The van der Waals surface area contributed by atoms with Gasteiger partial charge in [0, 0.05) is 41.9 Å². The van der Waals surface area contributed by atoms with Crippen molar-refractivity contribution in [2.45, 2.75) is 39.0 Å². The topological polar surface area (TPSA) is 73.9 Å². The van der Waals surface area contributed by atoms with E-state index in [4.69, 9.17) is 0 Å². The van der Waals surface area contributed by atoms with Crippen LogP contribution >= 0.6 is 0 Å². The van der Waals surface area contributed by atoms with Gasteiger partial charge in [0.25, 0.3) is 0 Å². The molecule has 1 aromatic heterocycles. The van der Waals surface area contributed by atoms with Crippen molar-refractivity contribution in [3.8, 4) is 0 Å². The highest BCUT2D eigenvalue weighted by Crippen LogP contribution is 2.38. The number of hydrogen-bond donors (Lipinski definition) is 4. The van der Waals surface area contributed by atoms with Gasteiger partial charge in [0.1, 0.15) is 11.4 Å². The first-order valence-corrected chi connectivity index (χ1v) is 11.2. The van der Waals surface area contributed by atoms with E-state index in [0.29, 0.717) is 17.9 Å². The molecule has 2 aliphatic rings. The molecule has 4 N–H and O–H groups in total. The van der Waals surface area contributed by atoms with Gasteiger partial charge >= 0.3 is 6.18 Å².